The van der Waals surface area contributed by atoms with Crippen LogP contribution in [-0.4, -0.2) is 17.2 Å². The third kappa shape index (κ3) is 2.41. The van der Waals surface area contributed by atoms with Gasteiger partial charge in [0.2, 0.25) is 0 Å². The van der Waals surface area contributed by atoms with Crippen molar-refractivity contribution in [2.45, 2.75) is 19.1 Å². The average molecular weight is 242 g/mol. The molecule has 1 atom stereocenters. The van der Waals surface area contributed by atoms with E-state index in [1.807, 2.05) is 19.2 Å². The fraction of sp³-hybridized carbons (Fsp3) is 0.333. The molecule has 2 heterocycles. The minimum Gasteiger partial charge on any atom is -0.488 e. The number of nitrogens with zero attached hydrogens (tertiary/aromatic N) is 1. The standard InChI is InChI=1S/C15H18N2O/c1-17-7-6-12(11-17)9-16-10-14-8-13-4-2-3-5-15(13)18-14/h2-7,11,14,16H,8-10H2,1H3. The van der Waals surface area contributed by atoms with Crippen LogP contribution in [0.4, 0.5) is 0 Å². The van der Waals surface area contributed by atoms with E-state index in [1.54, 1.807) is 0 Å². The van der Waals surface area contributed by atoms with Crippen molar-refractivity contribution >= 4 is 0 Å². The van der Waals surface area contributed by atoms with Crippen LogP contribution in [0.3, 0.4) is 0 Å². The van der Waals surface area contributed by atoms with E-state index >= 15 is 0 Å². The fourth-order valence-corrected chi connectivity index (χ4v) is 2.41. The summed E-state index contributed by atoms with van der Waals surface area (Å²) in [5.41, 5.74) is 2.64. The zero-order valence-corrected chi connectivity index (χ0v) is 10.6. The lowest BCUT2D eigenvalue weighted by molar-refractivity contribution is 0.227. The molecule has 0 spiro atoms. The first-order valence-corrected chi connectivity index (χ1v) is 6.37. The SMILES string of the molecule is Cn1ccc(CNCC2Cc3ccccc3O2)c1. The van der Waals surface area contributed by atoms with Crippen molar-refractivity contribution in [2.24, 2.45) is 7.05 Å². The average Bonchev–Trinajstić information content (AvgIpc) is 2.95. The van der Waals surface area contributed by atoms with Crippen LogP contribution in [0.25, 0.3) is 0 Å². The highest BCUT2D eigenvalue weighted by Crippen LogP contribution is 2.27. The lowest BCUT2D eigenvalue weighted by Crippen LogP contribution is -2.29. The molecule has 0 amide bonds. The summed E-state index contributed by atoms with van der Waals surface area (Å²) in [7, 11) is 2.04. The molecule has 1 aromatic heterocycles. The molecule has 3 heteroatoms. The molecule has 0 saturated carbocycles. The quantitative estimate of drug-likeness (QED) is 0.888. The second kappa shape index (κ2) is 4.86. The van der Waals surface area contributed by atoms with Gasteiger partial charge in [-0.3, -0.25) is 0 Å². The molecule has 1 aliphatic heterocycles. The van der Waals surface area contributed by atoms with E-state index in [9.17, 15) is 0 Å². The Balaban J connectivity index is 1.48. The van der Waals surface area contributed by atoms with Crippen LogP contribution in [-0.2, 0) is 20.0 Å². The lowest BCUT2D eigenvalue weighted by Gasteiger charge is -2.11. The molecule has 0 radical (unpaired) electrons. The fourth-order valence-electron chi connectivity index (χ4n) is 2.41. The topological polar surface area (TPSA) is 26.2 Å². The first-order valence-electron chi connectivity index (χ1n) is 6.37. The van der Waals surface area contributed by atoms with E-state index in [1.165, 1.54) is 11.1 Å². The van der Waals surface area contributed by atoms with E-state index in [0.717, 1.165) is 25.3 Å². The molecule has 3 nitrogen and oxygen atoms in total. The maximum absolute atomic E-state index is 5.88. The van der Waals surface area contributed by atoms with Crippen LogP contribution in [0.1, 0.15) is 11.1 Å². The zero-order chi connectivity index (χ0) is 12.4. The summed E-state index contributed by atoms with van der Waals surface area (Å²) in [6.07, 6.45) is 5.49. The number of hydrogen-bond donors (Lipinski definition) is 1. The Hall–Kier alpha value is -1.74. The molecule has 1 aliphatic rings. The predicted octanol–water partition coefficient (Wildman–Crippen LogP) is 2.12. The summed E-state index contributed by atoms with van der Waals surface area (Å²) in [6, 6.07) is 10.4. The van der Waals surface area contributed by atoms with E-state index in [0.29, 0.717) is 0 Å². The summed E-state index contributed by atoms with van der Waals surface area (Å²) in [4.78, 5) is 0. The molecule has 94 valence electrons. The molecule has 1 unspecified atom stereocenters. The van der Waals surface area contributed by atoms with Crippen molar-refractivity contribution in [1.29, 1.82) is 0 Å². The summed E-state index contributed by atoms with van der Waals surface area (Å²) in [5.74, 6) is 1.05. The summed E-state index contributed by atoms with van der Waals surface area (Å²) < 4.78 is 7.95. The number of para-hydroxylation sites is 1. The maximum atomic E-state index is 5.88. The van der Waals surface area contributed by atoms with E-state index in [2.05, 4.69) is 40.5 Å². The van der Waals surface area contributed by atoms with Crippen LogP contribution in [0.15, 0.2) is 42.7 Å². The van der Waals surface area contributed by atoms with Crippen LogP contribution < -0.4 is 10.1 Å². The summed E-state index contributed by atoms with van der Waals surface area (Å²) in [6.45, 7) is 1.79. The van der Waals surface area contributed by atoms with E-state index in [-0.39, 0.29) is 6.10 Å². The minimum absolute atomic E-state index is 0.270. The van der Waals surface area contributed by atoms with Gasteiger partial charge in [0.05, 0.1) is 0 Å². The second-order valence-corrected chi connectivity index (χ2v) is 4.87. The van der Waals surface area contributed by atoms with Gasteiger partial charge in [0.1, 0.15) is 11.9 Å². The first-order chi connectivity index (χ1) is 8.81. The second-order valence-electron chi connectivity index (χ2n) is 4.87. The molecule has 0 aliphatic carbocycles. The third-order valence-electron chi connectivity index (χ3n) is 3.31. The molecular formula is C15H18N2O. The Morgan fingerprint density at radius 1 is 1.33 bits per heavy atom. The number of rotatable bonds is 4. The van der Waals surface area contributed by atoms with Gasteiger partial charge in [-0.15, -0.1) is 0 Å². The molecule has 3 rings (SSSR count). The predicted molar refractivity (Wildman–Crippen MR) is 71.7 cm³/mol. The maximum Gasteiger partial charge on any atom is 0.123 e. The van der Waals surface area contributed by atoms with Crippen molar-refractivity contribution in [1.82, 2.24) is 9.88 Å². The molecule has 0 saturated heterocycles. The molecule has 1 aromatic carbocycles. The van der Waals surface area contributed by atoms with Crippen LogP contribution in [0.2, 0.25) is 0 Å². The van der Waals surface area contributed by atoms with Gasteiger partial charge in [0.25, 0.3) is 0 Å². The van der Waals surface area contributed by atoms with Crippen LogP contribution in [0.5, 0.6) is 5.75 Å². The van der Waals surface area contributed by atoms with Crippen molar-refractivity contribution < 1.29 is 4.74 Å². The summed E-state index contributed by atoms with van der Waals surface area (Å²) in [5, 5.41) is 3.45. The number of hydrogen-bond acceptors (Lipinski definition) is 2. The van der Waals surface area contributed by atoms with Gasteiger partial charge in [0, 0.05) is 39.0 Å². The largest absolute Gasteiger partial charge is 0.488 e. The zero-order valence-electron chi connectivity index (χ0n) is 10.6. The van der Waals surface area contributed by atoms with E-state index in [4.69, 9.17) is 4.74 Å². The Labute approximate surface area is 107 Å². The number of aromatic nitrogens is 1. The Bertz CT molecular complexity index is 508. The van der Waals surface area contributed by atoms with Gasteiger partial charge in [-0.2, -0.15) is 0 Å². The highest BCUT2D eigenvalue weighted by molar-refractivity contribution is 5.37. The van der Waals surface area contributed by atoms with Gasteiger partial charge in [-0.25, -0.2) is 0 Å². The Kier molecular flexibility index (Phi) is 3.07. The van der Waals surface area contributed by atoms with E-state index < -0.39 is 0 Å². The summed E-state index contributed by atoms with van der Waals surface area (Å²) >= 11 is 0. The van der Waals surface area contributed by atoms with Gasteiger partial charge in [0.15, 0.2) is 0 Å². The van der Waals surface area contributed by atoms with Gasteiger partial charge >= 0.3 is 0 Å². The monoisotopic (exact) mass is 242 g/mol. The Morgan fingerprint density at radius 3 is 3.00 bits per heavy atom. The number of nitrogens with one attached hydrogen (secondary N) is 1. The molecule has 0 fully saturated rings. The number of ether oxygens (including phenoxy) is 1. The molecular weight excluding hydrogens is 224 g/mol. The van der Waals surface area contributed by atoms with Crippen molar-refractivity contribution in [3.8, 4) is 5.75 Å². The number of fused-ring (bicyclic) bond motifs is 1. The van der Waals surface area contributed by atoms with Crippen LogP contribution in [0, 0.1) is 0 Å². The first kappa shape index (κ1) is 11.4. The lowest BCUT2D eigenvalue weighted by atomic mass is 10.1. The molecule has 0 bridgehead atoms. The number of aryl methyl sites for hydroxylation is 1. The smallest absolute Gasteiger partial charge is 0.123 e. The molecule has 1 N–H and O–H groups in total. The third-order valence-corrected chi connectivity index (χ3v) is 3.31. The van der Waals surface area contributed by atoms with Crippen molar-refractivity contribution in [2.75, 3.05) is 6.54 Å². The highest BCUT2D eigenvalue weighted by Gasteiger charge is 2.21. The van der Waals surface area contributed by atoms with Crippen molar-refractivity contribution in [3.05, 3.63) is 53.9 Å². The van der Waals surface area contributed by atoms with Gasteiger partial charge < -0.3 is 14.6 Å². The van der Waals surface area contributed by atoms with Gasteiger partial charge in [-0.1, -0.05) is 18.2 Å². The molecule has 18 heavy (non-hydrogen) atoms. The molecule has 2 aromatic rings. The minimum atomic E-state index is 0.270. The number of benzene rings is 1. The Morgan fingerprint density at radius 2 is 2.22 bits per heavy atom. The van der Waals surface area contributed by atoms with Crippen molar-refractivity contribution in [3.63, 3.8) is 0 Å². The van der Waals surface area contributed by atoms with Gasteiger partial charge in [-0.05, 0) is 23.3 Å². The highest BCUT2D eigenvalue weighted by atomic mass is 16.5. The normalized spacial score (nSPS) is 17.5. The van der Waals surface area contributed by atoms with Crippen LogP contribution >= 0.6 is 0 Å².